The van der Waals surface area contributed by atoms with Gasteiger partial charge in [-0.15, -0.1) is 10.2 Å². The van der Waals surface area contributed by atoms with Crippen molar-refractivity contribution in [3.8, 4) is 0 Å². The monoisotopic (exact) mass is 239 g/mol. The van der Waals surface area contributed by atoms with Crippen LogP contribution in [-0.4, -0.2) is 51.5 Å². The summed E-state index contributed by atoms with van der Waals surface area (Å²) in [6.07, 6.45) is 0.123. The van der Waals surface area contributed by atoms with Gasteiger partial charge in [-0.25, -0.2) is 0 Å². The lowest BCUT2D eigenvalue weighted by atomic mass is 10.1. The van der Waals surface area contributed by atoms with E-state index in [0.29, 0.717) is 0 Å². The van der Waals surface area contributed by atoms with Crippen molar-refractivity contribution >= 4 is 0 Å². The molecular formula is C11H21N5O. The lowest BCUT2D eigenvalue weighted by Crippen LogP contribution is -2.49. The highest BCUT2D eigenvalue weighted by molar-refractivity contribution is 4.93. The Balaban J connectivity index is 1.97. The molecule has 6 heteroatoms. The van der Waals surface area contributed by atoms with Crippen LogP contribution in [0.4, 0.5) is 0 Å². The van der Waals surface area contributed by atoms with Crippen molar-refractivity contribution in [2.45, 2.75) is 32.5 Å². The predicted molar refractivity (Wildman–Crippen MR) is 64.4 cm³/mol. The molecule has 17 heavy (non-hydrogen) atoms. The quantitative estimate of drug-likeness (QED) is 0.782. The number of nitrogens with two attached hydrogens (primary N) is 1. The van der Waals surface area contributed by atoms with E-state index in [-0.39, 0.29) is 12.1 Å². The van der Waals surface area contributed by atoms with Gasteiger partial charge in [0, 0.05) is 26.2 Å². The topological polar surface area (TPSA) is 69.2 Å². The number of rotatable bonds is 3. The van der Waals surface area contributed by atoms with E-state index in [1.165, 1.54) is 0 Å². The highest BCUT2D eigenvalue weighted by Gasteiger charge is 2.24. The highest BCUT2D eigenvalue weighted by atomic mass is 16.5. The lowest BCUT2D eigenvalue weighted by molar-refractivity contribution is -0.0412. The zero-order valence-electron chi connectivity index (χ0n) is 10.8. The molecule has 2 atom stereocenters. The fraction of sp³-hybridized carbons (Fsp3) is 0.818. The summed E-state index contributed by atoms with van der Waals surface area (Å²) in [6, 6.07) is 0.0685. The number of aromatic nitrogens is 3. The van der Waals surface area contributed by atoms with E-state index in [1.54, 1.807) is 0 Å². The summed E-state index contributed by atoms with van der Waals surface area (Å²) in [5.41, 5.74) is 5.87. The molecule has 0 saturated carbocycles. The summed E-state index contributed by atoms with van der Waals surface area (Å²) in [5.74, 6) is 1.94. The van der Waals surface area contributed by atoms with E-state index < -0.39 is 0 Å². The number of hydrogen-bond donors (Lipinski definition) is 1. The first-order valence-electron chi connectivity index (χ1n) is 6.02. The van der Waals surface area contributed by atoms with Gasteiger partial charge in [0.05, 0.1) is 19.3 Å². The third-order valence-electron chi connectivity index (χ3n) is 3.31. The van der Waals surface area contributed by atoms with Crippen LogP contribution < -0.4 is 5.73 Å². The molecule has 2 unspecified atom stereocenters. The first-order chi connectivity index (χ1) is 8.08. The van der Waals surface area contributed by atoms with Crippen molar-refractivity contribution in [1.82, 2.24) is 19.7 Å². The van der Waals surface area contributed by atoms with Crippen LogP contribution in [-0.2, 0) is 18.3 Å². The molecule has 0 bridgehead atoms. The van der Waals surface area contributed by atoms with Crippen LogP contribution in [0.5, 0.6) is 0 Å². The first-order valence-corrected chi connectivity index (χ1v) is 6.02. The second-order valence-electron chi connectivity index (χ2n) is 4.73. The number of morpholine rings is 1. The minimum atomic E-state index is 0.0685. The van der Waals surface area contributed by atoms with Gasteiger partial charge in [-0.05, 0) is 13.8 Å². The maximum Gasteiger partial charge on any atom is 0.146 e. The Morgan fingerprint density at radius 2 is 2.29 bits per heavy atom. The second kappa shape index (κ2) is 5.12. The average molecular weight is 239 g/mol. The number of aryl methyl sites for hydroxylation is 1. The van der Waals surface area contributed by atoms with E-state index in [2.05, 4.69) is 15.1 Å². The highest BCUT2D eigenvalue weighted by Crippen LogP contribution is 2.11. The predicted octanol–water partition coefficient (Wildman–Crippen LogP) is -0.328. The molecule has 0 amide bonds. The summed E-state index contributed by atoms with van der Waals surface area (Å²) in [5, 5.41) is 8.24. The van der Waals surface area contributed by atoms with Crippen LogP contribution in [0.25, 0.3) is 0 Å². The molecule has 2 heterocycles. The van der Waals surface area contributed by atoms with Gasteiger partial charge in [0.2, 0.25) is 0 Å². The summed E-state index contributed by atoms with van der Waals surface area (Å²) in [7, 11) is 1.99. The van der Waals surface area contributed by atoms with Crippen molar-refractivity contribution in [2.24, 2.45) is 12.8 Å². The second-order valence-corrected chi connectivity index (χ2v) is 4.73. The normalized spacial score (nSPS) is 23.9. The fourth-order valence-electron chi connectivity index (χ4n) is 1.98. The largest absolute Gasteiger partial charge is 0.374 e. The zero-order chi connectivity index (χ0) is 12.4. The maximum atomic E-state index is 5.87. The lowest BCUT2D eigenvalue weighted by Gasteiger charge is -2.34. The molecule has 2 N–H and O–H groups in total. The standard InChI is InChI=1S/C11H21N5O/c1-8(12)10-6-16(4-5-17-10)7-11-14-13-9(2)15(11)3/h8,10H,4-7,12H2,1-3H3. The Kier molecular flexibility index (Phi) is 3.76. The van der Waals surface area contributed by atoms with Gasteiger partial charge in [-0.1, -0.05) is 0 Å². The summed E-state index contributed by atoms with van der Waals surface area (Å²) >= 11 is 0. The minimum absolute atomic E-state index is 0.0685. The number of hydrogen-bond acceptors (Lipinski definition) is 5. The fourth-order valence-corrected chi connectivity index (χ4v) is 1.98. The molecule has 2 rings (SSSR count). The molecule has 1 aliphatic heterocycles. The number of ether oxygens (including phenoxy) is 1. The molecule has 6 nitrogen and oxygen atoms in total. The minimum Gasteiger partial charge on any atom is -0.374 e. The first kappa shape index (κ1) is 12.5. The Morgan fingerprint density at radius 3 is 2.88 bits per heavy atom. The third-order valence-corrected chi connectivity index (χ3v) is 3.31. The van der Waals surface area contributed by atoms with Gasteiger partial charge in [-0.3, -0.25) is 4.90 Å². The van der Waals surface area contributed by atoms with Crippen LogP contribution in [0.15, 0.2) is 0 Å². The molecule has 1 aromatic heterocycles. The average Bonchev–Trinajstić information content (AvgIpc) is 2.61. The van der Waals surface area contributed by atoms with Crippen molar-refractivity contribution in [3.63, 3.8) is 0 Å². The maximum absolute atomic E-state index is 5.87. The molecule has 0 spiro atoms. The Morgan fingerprint density at radius 1 is 1.53 bits per heavy atom. The smallest absolute Gasteiger partial charge is 0.146 e. The Bertz CT molecular complexity index is 376. The molecule has 0 aromatic carbocycles. The van der Waals surface area contributed by atoms with Gasteiger partial charge < -0.3 is 15.0 Å². The molecule has 96 valence electrons. The van der Waals surface area contributed by atoms with E-state index in [0.717, 1.165) is 37.9 Å². The zero-order valence-corrected chi connectivity index (χ0v) is 10.8. The van der Waals surface area contributed by atoms with Crippen LogP contribution in [0.2, 0.25) is 0 Å². The molecule has 1 fully saturated rings. The Labute approximate surface area is 102 Å². The summed E-state index contributed by atoms with van der Waals surface area (Å²) in [4.78, 5) is 2.32. The van der Waals surface area contributed by atoms with Crippen LogP contribution in [0.1, 0.15) is 18.6 Å². The molecule has 1 aliphatic rings. The molecule has 1 saturated heterocycles. The van der Waals surface area contributed by atoms with Gasteiger partial charge >= 0.3 is 0 Å². The third kappa shape index (κ3) is 2.83. The number of nitrogens with zero attached hydrogens (tertiary/aromatic N) is 4. The van der Waals surface area contributed by atoms with Gasteiger partial charge in [0.1, 0.15) is 11.6 Å². The van der Waals surface area contributed by atoms with E-state index in [9.17, 15) is 0 Å². The van der Waals surface area contributed by atoms with E-state index in [1.807, 2.05) is 25.5 Å². The Hall–Kier alpha value is -0.980. The van der Waals surface area contributed by atoms with Crippen LogP contribution >= 0.6 is 0 Å². The van der Waals surface area contributed by atoms with Crippen LogP contribution in [0.3, 0.4) is 0 Å². The van der Waals surface area contributed by atoms with E-state index in [4.69, 9.17) is 10.5 Å². The van der Waals surface area contributed by atoms with E-state index >= 15 is 0 Å². The summed E-state index contributed by atoms with van der Waals surface area (Å²) < 4.78 is 7.66. The SMILES string of the molecule is Cc1nnc(CN2CCOC(C(C)N)C2)n1C. The van der Waals surface area contributed by atoms with Crippen molar-refractivity contribution in [2.75, 3.05) is 19.7 Å². The van der Waals surface area contributed by atoms with Gasteiger partial charge in [0.15, 0.2) is 0 Å². The van der Waals surface area contributed by atoms with Gasteiger partial charge in [0.25, 0.3) is 0 Å². The van der Waals surface area contributed by atoms with Crippen molar-refractivity contribution in [3.05, 3.63) is 11.6 Å². The molecule has 0 radical (unpaired) electrons. The molecule has 1 aromatic rings. The van der Waals surface area contributed by atoms with Crippen LogP contribution in [0, 0.1) is 6.92 Å². The van der Waals surface area contributed by atoms with Gasteiger partial charge in [-0.2, -0.15) is 0 Å². The van der Waals surface area contributed by atoms with Crippen molar-refractivity contribution < 1.29 is 4.74 Å². The van der Waals surface area contributed by atoms with Crippen molar-refractivity contribution in [1.29, 1.82) is 0 Å². The molecule has 0 aliphatic carbocycles. The molecular weight excluding hydrogens is 218 g/mol. The summed E-state index contributed by atoms with van der Waals surface area (Å²) in [6.45, 7) is 7.28.